The number of carbonyl (C=O) groups excluding carboxylic acids is 3. The summed E-state index contributed by atoms with van der Waals surface area (Å²) in [4.78, 5) is 51.5. The maximum atomic E-state index is 13.8. The van der Waals surface area contributed by atoms with Gasteiger partial charge in [-0.1, -0.05) is 26.0 Å². The topological polar surface area (TPSA) is 127 Å². The van der Waals surface area contributed by atoms with Crippen LogP contribution in [0.4, 0.5) is 0 Å². The molecule has 2 N–H and O–H groups in total. The summed E-state index contributed by atoms with van der Waals surface area (Å²) in [7, 11) is 1.14. The zero-order chi connectivity index (χ0) is 26.1. The average molecular weight is 479 g/mol. The van der Waals surface area contributed by atoms with E-state index in [-0.39, 0.29) is 18.3 Å². The minimum absolute atomic E-state index is 0.0755. The smallest absolute Gasteiger partial charge is 0.358 e. The van der Waals surface area contributed by atoms with E-state index in [4.69, 9.17) is 9.47 Å². The highest BCUT2D eigenvalue weighted by molar-refractivity contribution is 6.15. The molecule has 3 rings (SSSR count). The van der Waals surface area contributed by atoms with E-state index in [1.165, 1.54) is 6.92 Å². The van der Waals surface area contributed by atoms with Crippen LogP contribution in [0.3, 0.4) is 0 Å². The molecule has 0 bridgehead atoms. The molecule has 2 aliphatic carbocycles. The van der Waals surface area contributed by atoms with Gasteiger partial charge < -0.3 is 19.7 Å². The Balaban J connectivity index is 2.17. The SMILES string of the molecule is C=C1C[C@H]2[C@](C)(CC[C@@H](C(C)(C)O)[C@@]2(C)CCC(=O)O)[C@@H]2C(=O)O[C@@](C)(C(=O)OC)C(=O)[C@]12C. The third-order valence-corrected chi connectivity index (χ3v) is 9.53. The Labute approximate surface area is 201 Å². The molecule has 2 saturated carbocycles. The number of carbonyl (C=O) groups is 4. The summed E-state index contributed by atoms with van der Waals surface area (Å²) in [5.74, 6) is -4.37. The summed E-state index contributed by atoms with van der Waals surface area (Å²) in [6, 6.07) is 0. The minimum atomic E-state index is -2.06. The van der Waals surface area contributed by atoms with Crippen LogP contribution in [0.25, 0.3) is 0 Å². The van der Waals surface area contributed by atoms with E-state index in [1.807, 2.05) is 13.8 Å². The molecule has 3 fully saturated rings. The minimum Gasteiger partial charge on any atom is -0.481 e. The molecule has 0 aromatic rings. The van der Waals surface area contributed by atoms with E-state index in [0.29, 0.717) is 31.3 Å². The summed E-state index contributed by atoms with van der Waals surface area (Å²) < 4.78 is 10.3. The van der Waals surface area contributed by atoms with Crippen LogP contribution in [0.1, 0.15) is 73.6 Å². The number of carboxylic acid groups (broad SMARTS) is 1. The van der Waals surface area contributed by atoms with Gasteiger partial charge in [0.1, 0.15) is 0 Å². The molecule has 0 aromatic heterocycles. The van der Waals surface area contributed by atoms with Gasteiger partial charge in [-0.25, -0.2) is 4.79 Å². The number of Topliss-reactive ketones (excluding diaryl/α,β-unsaturated/α-hetero) is 1. The van der Waals surface area contributed by atoms with Crippen molar-refractivity contribution in [1.29, 1.82) is 0 Å². The zero-order valence-corrected chi connectivity index (χ0v) is 21.3. The van der Waals surface area contributed by atoms with Crippen molar-refractivity contribution in [3.8, 4) is 0 Å². The van der Waals surface area contributed by atoms with Crippen molar-refractivity contribution in [2.75, 3.05) is 7.11 Å². The van der Waals surface area contributed by atoms with Crippen molar-refractivity contribution in [3.05, 3.63) is 12.2 Å². The highest BCUT2D eigenvalue weighted by Crippen LogP contribution is 2.70. The quantitative estimate of drug-likeness (QED) is 0.350. The van der Waals surface area contributed by atoms with E-state index in [0.717, 1.165) is 7.11 Å². The molecular formula is C26H38O8. The molecule has 1 saturated heterocycles. The molecule has 1 heterocycles. The first-order chi connectivity index (χ1) is 15.4. The number of allylic oxidation sites excluding steroid dienone is 1. The molecule has 8 heteroatoms. The van der Waals surface area contributed by atoms with E-state index in [9.17, 15) is 29.4 Å². The number of hydrogen-bond donors (Lipinski definition) is 2. The van der Waals surface area contributed by atoms with E-state index < -0.39 is 57.1 Å². The molecule has 1 aliphatic heterocycles. The fourth-order valence-electron chi connectivity index (χ4n) is 7.90. The van der Waals surface area contributed by atoms with Crippen molar-refractivity contribution in [2.45, 2.75) is 84.8 Å². The molecule has 8 nitrogen and oxygen atoms in total. The molecule has 0 aromatic carbocycles. The van der Waals surface area contributed by atoms with E-state index >= 15 is 0 Å². The number of aliphatic hydroxyl groups is 1. The second-order valence-electron chi connectivity index (χ2n) is 11.9. The third-order valence-electron chi connectivity index (χ3n) is 9.53. The van der Waals surface area contributed by atoms with E-state index in [2.05, 4.69) is 6.58 Å². The molecule has 0 spiro atoms. The van der Waals surface area contributed by atoms with Gasteiger partial charge in [-0.2, -0.15) is 0 Å². The number of cyclic esters (lactones) is 1. The van der Waals surface area contributed by atoms with Crippen LogP contribution in [-0.4, -0.2) is 52.2 Å². The Morgan fingerprint density at radius 1 is 1.21 bits per heavy atom. The van der Waals surface area contributed by atoms with Crippen molar-refractivity contribution in [1.82, 2.24) is 0 Å². The van der Waals surface area contributed by atoms with Gasteiger partial charge in [0.2, 0.25) is 0 Å². The number of ketones is 1. The molecule has 34 heavy (non-hydrogen) atoms. The summed E-state index contributed by atoms with van der Waals surface area (Å²) in [6.07, 6.45) is 1.72. The first-order valence-electron chi connectivity index (χ1n) is 11.9. The molecule has 0 unspecified atom stereocenters. The van der Waals surface area contributed by atoms with Crippen LogP contribution >= 0.6 is 0 Å². The highest BCUT2D eigenvalue weighted by Gasteiger charge is 2.73. The Bertz CT molecular complexity index is 947. The number of rotatable bonds is 5. The number of fused-ring (bicyclic) bond motifs is 3. The number of aliphatic carboxylic acids is 1. The first kappa shape index (κ1) is 26.4. The van der Waals surface area contributed by atoms with Gasteiger partial charge in [-0.15, -0.1) is 0 Å². The number of esters is 2. The monoisotopic (exact) mass is 478 g/mol. The van der Waals surface area contributed by atoms with Gasteiger partial charge in [0.05, 0.1) is 24.0 Å². The van der Waals surface area contributed by atoms with Crippen LogP contribution < -0.4 is 0 Å². The van der Waals surface area contributed by atoms with Crippen molar-refractivity contribution < 1.29 is 38.9 Å². The van der Waals surface area contributed by atoms with Crippen LogP contribution in [-0.2, 0) is 28.7 Å². The van der Waals surface area contributed by atoms with Gasteiger partial charge in [-0.3, -0.25) is 14.4 Å². The Morgan fingerprint density at radius 2 is 1.79 bits per heavy atom. The lowest BCUT2D eigenvalue weighted by molar-refractivity contribution is -0.225. The van der Waals surface area contributed by atoms with Gasteiger partial charge in [0.25, 0.3) is 5.60 Å². The van der Waals surface area contributed by atoms with Gasteiger partial charge >= 0.3 is 17.9 Å². The number of carboxylic acids is 1. The molecule has 7 atom stereocenters. The first-order valence-corrected chi connectivity index (χ1v) is 11.9. The summed E-state index contributed by atoms with van der Waals surface area (Å²) in [5.41, 5.74) is -5.30. The maximum absolute atomic E-state index is 13.8. The van der Waals surface area contributed by atoms with Crippen LogP contribution in [0.5, 0.6) is 0 Å². The molecule has 0 amide bonds. The fourth-order valence-corrected chi connectivity index (χ4v) is 7.90. The van der Waals surface area contributed by atoms with Crippen LogP contribution in [0.2, 0.25) is 0 Å². The van der Waals surface area contributed by atoms with Crippen molar-refractivity contribution in [3.63, 3.8) is 0 Å². The lowest BCUT2D eigenvalue weighted by atomic mass is 9.37. The number of methoxy groups -OCH3 is 1. The lowest BCUT2D eigenvalue weighted by Gasteiger charge is -2.66. The summed E-state index contributed by atoms with van der Waals surface area (Å²) >= 11 is 0. The molecular weight excluding hydrogens is 440 g/mol. The van der Waals surface area contributed by atoms with Crippen LogP contribution in [0, 0.1) is 34.0 Å². The van der Waals surface area contributed by atoms with Gasteiger partial charge in [0, 0.05) is 6.42 Å². The summed E-state index contributed by atoms with van der Waals surface area (Å²) in [5, 5.41) is 20.5. The molecule has 0 radical (unpaired) electrons. The van der Waals surface area contributed by atoms with Gasteiger partial charge in [0.15, 0.2) is 5.78 Å². The Hall–Kier alpha value is -2.22. The van der Waals surface area contributed by atoms with Gasteiger partial charge in [-0.05, 0) is 76.0 Å². The second kappa shape index (κ2) is 7.90. The van der Waals surface area contributed by atoms with Crippen molar-refractivity contribution in [2.24, 2.45) is 34.0 Å². The average Bonchev–Trinajstić information content (AvgIpc) is 2.71. The second-order valence-corrected chi connectivity index (χ2v) is 11.9. The lowest BCUT2D eigenvalue weighted by Crippen LogP contribution is -2.71. The standard InChI is InChI=1S/C26H38O8/c1-14-13-16-23(4,12-10-17(27)28)15(22(2,3)32)9-11-24(16,5)18-19(29)34-26(7,21(31)33-8)20(30)25(14,18)6/h15-16,18,32H,1,9-13H2,2-8H3,(H,27,28)/t15-,16+,18-,23+,24-,25+,26+/m0/s1. The number of ether oxygens (including phenoxy) is 2. The molecule has 190 valence electrons. The largest absolute Gasteiger partial charge is 0.481 e. The predicted molar refractivity (Wildman–Crippen MR) is 122 cm³/mol. The van der Waals surface area contributed by atoms with Crippen LogP contribution in [0.15, 0.2) is 12.2 Å². The van der Waals surface area contributed by atoms with Crippen molar-refractivity contribution >= 4 is 23.7 Å². The maximum Gasteiger partial charge on any atom is 0.358 e. The zero-order valence-electron chi connectivity index (χ0n) is 21.3. The number of hydrogen-bond acceptors (Lipinski definition) is 7. The third kappa shape index (κ3) is 3.43. The fraction of sp³-hybridized carbons (Fsp3) is 0.769. The summed E-state index contributed by atoms with van der Waals surface area (Å²) in [6.45, 7) is 14.6. The van der Waals surface area contributed by atoms with E-state index in [1.54, 1.807) is 20.8 Å². The Morgan fingerprint density at radius 3 is 2.29 bits per heavy atom. The molecule has 3 aliphatic rings. The predicted octanol–water partition coefficient (Wildman–Crippen LogP) is 3.30. The highest BCUT2D eigenvalue weighted by atomic mass is 16.6. The normalized spacial score (nSPS) is 42.4. The Kier molecular flexibility index (Phi) is 6.13.